The second-order valence-electron chi connectivity index (χ2n) is 5.50. The van der Waals surface area contributed by atoms with Gasteiger partial charge in [-0.3, -0.25) is 0 Å². The highest BCUT2D eigenvalue weighted by molar-refractivity contribution is 5.83. The molecule has 0 atom stereocenters. The zero-order valence-electron chi connectivity index (χ0n) is 13.7. The van der Waals surface area contributed by atoms with E-state index in [4.69, 9.17) is 9.47 Å². The van der Waals surface area contributed by atoms with Crippen molar-refractivity contribution in [3.05, 3.63) is 65.9 Å². The predicted molar refractivity (Wildman–Crippen MR) is 95.2 cm³/mol. The number of methoxy groups -OCH3 is 2. The highest BCUT2D eigenvalue weighted by Gasteiger charge is 2.04. The van der Waals surface area contributed by atoms with Gasteiger partial charge in [0.2, 0.25) is 0 Å². The van der Waals surface area contributed by atoms with Crippen LogP contribution >= 0.6 is 0 Å². The van der Waals surface area contributed by atoms with Gasteiger partial charge in [0, 0.05) is 24.1 Å². The lowest BCUT2D eigenvalue weighted by Crippen LogP contribution is -1.90. The standard InChI is InChI=1S/C20H21NO2/c1-21-13-12-17-16(8-5-9-18(17)21)7-4-6-15-10-11-19(22-2)20(14-15)23-3/h4-6,8-14H,7H2,1-3H3/b6-4+. The summed E-state index contributed by atoms with van der Waals surface area (Å²) >= 11 is 0. The van der Waals surface area contributed by atoms with E-state index in [9.17, 15) is 0 Å². The topological polar surface area (TPSA) is 23.4 Å². The molecule has 3 aromatic rings. The van der Waals surface area contributed by atoms with E-state index in [1.165, 1.54) is 16.5 Å². The Balaban J connectivity index is 1.80. The molecular weight excluding hydrogens is 286 g/mol. The summed E-state index contributed by atoms with van der Waals surface area (Å²) in [4.78, 5) is 0. The SMILES string of the molecule is COc1ccc(/C=C/Cc2cccc3c2ccn3C)cc1OC. The molecule has 0 N–H and O–H groups in total. The Kier molecular flexibility index (Phi) is 4.38. The number of hydrogen-bond acceptors (Lipinski definition) is 2. The number of aromatic nitrogens is 1. The van der Waals surface area contributed by atoms with Crippen molar-refractivity contribution in [1.29, 1.82) is 0 Å². The zero-order valence-corrected chi connectivity index (χ0v) is 13.7. The fourth-order valence-corrected chi connectivity index (χ4v) is 2.82. The molecule has 1 aromatic heterocycles. The van der Waals surface area contributed by atoms with Crippen molar-refractivity contribution in [2.75, 3.05) is 14.2 Å². The monoisotopic (exact) mass is 307 g/mol. The molecule has 1 heterocycles. The zero-order chi connectivity index (χ0) is 16.2. The lowest BCUT2D eigenvalue weighted by atomic mass is 10.1. The van der Waals surface area contributed by atoms with Crippen LogP contribution in [0, 0.1) is 0 Å². The molecule has 3 heteroatoms. The first kappa shape index (κ1) is 15.2. The summed E-state index contributed by atoms with van der Waals surface area (Å²) in [6.07, 6.45) is 7.30. The smallest absolute Gasteiger partial charge is 0.161 e. The van der Waals surface area contributed by atoms with Gasteiger partial charge in [0.1, 0.15) is 0 Å². The molecule has 0 aliphatic heterocycles. The van der Waals surface area contributed by atoms with Crippen LogP contribution in [0.2, 0.25) is 0 Å². The Bertz CT molecular complexity index is 846. The van der Waals surface area contributed by atoms with Gasteiger partial charge in [0.15, 0.2) is 11.5 Å². The van der Waals surface area contributed by atoms with E-state index < -0.39 is 0 Å². The second kappa shape index (κ2) is 6.61. The maximum atomic E-state index is 5.34. The van der Waals surface area contributed by atoms with Crippen molar-refractivity contribution in [2.45, 2.75) is 6.42 Å². The summed E-state index contributed by atoms with van der Waals surface area (Å²) in [5, 5.41) is 1.31. The van der Waals surface area contributed by atoms with Crippen LogP contribution in [0.5, 0.6) is 11.5 Å². The summed E-state index contributed by atoms with van der Waals surface area (Å²) in [5.41, 5.74) is 3.70. The Morgan fingerprint density at radius 2 is 1.83 bits per heavy atom. The van der Waals surface area contributed by atoms with Gasteiger partial charge in [-0.15, -0.1) is 0 Å². The van der Waals surface area contributed by atoms with Crippen LogP contribution in [0.15, 0.2) is 54.7 Å². The number of nitrogens with zero attached hydrogens (tertiary/aromatic N) is 1. The van der Waals surface area contributed by atoms with Crippen LogP contribution < -0.4 is 9.47 Å². The molecule has 118 valence electrons. The molecule has 23 heavy (non-hydrogen) atoms. The molecule has 0 aliphatic carbocycles. The maximum Gasteiger partial charge on any atom is 0.161 e. The van der Waals surface area contributed by atoms with Crippen LogP contribution in [0.4, 0.5) is 0 Å². The fraction of sp³-hybridized carbons (Fsp3) is 0.200. The van der Waals surface area contributed by atoms with Crippen LogP contribution in [0.3, 0.4) is 0 Å². The average molecular weight is 307 g/mol. The molecule has 0 fully saturated rings. The highest BCUT2D eigenvalue weighted by atomic mass is 16.5. The third kappa shape index (κ3) is 3.09. The van der Waals surface area contributed by atoms with E-state index in [-0.39, 0.29) is 0 Å². The van der Waals surface area contributed by atoms with Crippen LogP contribution in [0.25, 0.3) is 17.0 Å². The number of rotatable bonds is 5. The van der Waals surface area contributed by atoms with Crippen molar-refractivity contribution in [2.24, 2.45) is 7.05 Å². The third-order valence-electron chi connectivity index (χ3n) is 4.07. The van der Waals surface area contributed by atoms with Gasteiger partial charge in [-0.05, 0) is 41.8 Å². The van der Waals surface area contributed by atoms with Gasteiger partial charge in [0.25, 0.3) is 0 Å². The predicted octanol–water partition coefficient (Wildman–Crippen LogP) is 4.45. The molecule has 3 rings (SSSR count). The number of hydrogen-bond donors (Lipinski definition) is 0. The van der Waals surface area contributed by atoms with E-state index in [0.717, 1.165) is 23.5 Å². The first-order valence-corrected chi connectivity index (χ1v) is 7.64. The molecule has 0 saturated heterocycles. The summed E-state index contributed by atoms with van der Waals surface area (Å²) in [6, 6.07) is 14.6. The average Bonchev–Trinajstić information content (AvgIpc) is 2.97. The van der Waals surface area contributed by atoms with E-state index in [1.54, 1.807) is 14.2 Å². The van der Waals surface area contributed by atoms with Gasteiger partial charge in [-0.1, -0.05) is 30.4 Å². The van der Waals surface area contributed by atoms with E-state index in [0.29, 0.717) is 0 Å². The quantitative estimate of drug-likeness (QED) is 0.695. The minimum atomic E-state index is 0.749. The fourth-order valence-electron chi connectivity index (χ4n) is 2.82. The Morgan fingerprint density at radius 1 is 1.00 bits per heavy atom. The summed E-state index contributed by atoms with van der Waals surface area (Å²) in [7, 11) is 5.38. The van der Waals surface area contributed by atoms with Crippen molar-refractivity contribution in [1.82, 2.24) is 4.57 Å². The minimum absolute atomic E-state index is 0.749. The molecule has 3 nitrogen and oxygen atoms in total. The van der Waals surface area contributed by atoms with Crippen LogP contribution in [-0.2, 0) is 13.5 Å². The van der Waals surface area contributed by atoms with Crippen LogP contribution in [-0.4, -0.2) is 18.8 Å². The van der Waals surface area contributed by atoms with Crippen molar-refractivity contribution < 1.29 is 9.47 Å². The molecular formula is C20H21NO2. The molecule has 0 unspecified atom stereocenters. The highest BCUT2D eigenvalue weighted by Crippen LogP contribution is 2.28. The van der Waals surface area contributed by atoms with E-state index in [1.807, 2.05) is 18.2 Å². The van der Waals surface area contributed by atoms with Gasteiger partial charge in [-0.25, -0.2) is 0 Å². The lowest BCUT2D eigenvalue weighted by Gasteiger charge is -2.07. The molecule has 0 aliphatic rings. The normalized spacial score (nSPS) is 11.3. The molecule has 0 amide bonds. The largest absolute Gasteiger partial charge is 0.493 e. The number of benzene rings is 2. The first-order valence-electron chi connectivity index (χ1n) is 7.64. The van der Waals surface area contributed by atoms with Crippen LogP contribution in [0.1, 0.15) is 11.1 Å². The number of ether oxygens (including phenoxy) is 2. The van der Waals surface area contributed by atoms with Gasteiger partial charge in [0.05, 0.1) is 14.2 Å². The van der Waals surface area contributed by atoms with E-state index >= 15 is 0 Å². The maximum absolute atomic E-state index is 5.34. The summed E-state index contributed by atoms with van der Waals surface area (Å²) in [5.74, 6) is 1.50. The van der Waals surface area contributed by atoms with Crippen molar-refractivity contribution >= 4 is 17.0 Å². The van der Waals surface area contributed by atoms with Gasteiger partial charge in [-0.2, -0.15) is 0 Å². The number of allylic oxidation sites excluding steroid dienone is 1. The van der Waals surface area contributed by atoms with Crippen molar-refractivity contribution in [3.63, 3.8) is 0 Å². The number of fused-ring (bicyclic) bond motifs is 1. The molecule has 2 aromatic carbocycles. The third-order valence-corrected chi connectivity index (χ3v) is 4.07. The number of aryl methyl sites for hydroxylation is 1. The Hall–Kier alpha value is -2.68. The van der Waals surface area contributed by atoms with E-state index in [2.05, 4.69) is 54.2 Å². The molecule has 0 spiro atoms. The second-order valence-corrected chi connectivity index (χ2v) is 5.50. The Labute approximate surface area is 136 Å². The molecule has 0 bridgehead atoms. The molecule has 0 radical (unpaired) electrons. The lowest BCUT2D eigenvalue weighted by molar-refractivity contribution is 0.355. The minimum Gasteiger partial charge on any atom is -0.493 e. The Morgan fingerprint density at radius 3 is 2.61 bits per heavy atom. The summed E-state index contributed by atoms with van der Waals surface area (Å²) < 4.78 is 12.8. The van der Waals surface area contributed by atoms with Crippen molar-refractivity contribution in [3.8, 4) is 11.5 Å². The van der Waals surface area contributed by atoms with Gasteiger partial charge >= 0.3 is 0 Å². The molecule has 0 saturated carbocycles. The first-order chi connectivity index (χ1) is 11.2. The van der Waals surface area contributed by atoms with Gasteiger partial charge < -0.3 is 14.0 Å². The summed E-state index contributed by atoms with van der Waals surface area (Å²) in [6.45, 7) is 0.